The molecule has 0 radical (unpaired) electrons. The molecule has 0 fully saturated rings. The molecule has 0 aliphatic rings. The van der Waals surface area contributed by atoms with E-state index < -0.39 is 27.4 Å². The molecule has 118 valence electrons. The Hall–Kier alpha value is -1.87. The molecule has 8 nitrogen and oxygen atoms in total. The first-order valence-electron chi connectivity index (χ1n) is 6.24. The molecule has 0 saturated heterocycles. The molecule has 1 rings (SSSR count). The third-order valence-electron chi connectivity index (χ3n) is 2.77. The Bertz CT molecular complexity index is 660. The molecule has 0 aromatic carbocycles. The van der Waals surface area contributed by atoms with Crippen molar-refractivity contribution >= 4 is 21.9 Å². The van der Waals surface area contributed by atoms with Gasteiger partial charge in [0.1, 0.15) is 10.6 Å². The molecule has 0 saturated carbocycles. The maximum absolute atomic E-state index is 12.3. The minimum atomic E-state index is -3.95. The summed E-state index contributed by atoms with van der Waals surface area (Å²) in [6.07, 6.45) is 1.07. The number of carboxylic acid groups (broad SMARTS) is 1. The molecule has 9 heteroatoms. The fourth-order valence-corrected chi connectivity index (χ4v) is 3.42. The van der Waals surface area contributed by atoms with Crippen molar-refractivity contribution in [2.45, 2.75) is 44.2 Å². The van der Waals surface area contributed by atoms with Crippen molar-refractivity contribution in [3.63, 3.8) is 0 Å². The van der Waals surface area contributed by atoms with Crippen LogP contribution in [-0.2, 0) is 21.4 Å². The van der Waals surface area contributed by atoms with Gasteiger partial charge in [0.05, 0.1) is 0 Å². The Morgan fingerprint density at radius 3 is 2.38 bits per heavy atom. The number of primary amides is 1. The lowest BCUT2D eigenvalue weighted by atomic mass is 10.0. The molecule has 0 atom stereocenters. The Balaban J connectivity index is 3.14. The van der Waals surface area contributed by atoms with Gasteiger partial charge in [0.25, 0.3) is 0 Å². The second kappa shape index (κ2) is 5.86. The first kappa shape index (κ1) is 17.2. The Morgan fingerprint density at radius 2 is 2.00 bits per heavy atom. The molecule has 1 heterocycles. The van der Waals surface area contributed by atoms with Gasteiger partial charge in [0, 0.05) is 24.7 Å². The highest BCUT2D eigenvalue weighted by atomic mass is 32.2. The molecule has 1 amide bonds. The first-order valence-corrected chi connectivity index (χ1v) is 7.72. The van der Waals surface area contributed by atoms with E-state index in [4.69, 9.17) is 10.8 Å². The number of hydrogen-bond acceptors (Lipinski definition) is 4. The predicted molar refractivity (Wildman–Crippen MR) is 75.3 cm³/mol. The van der Waals surface area contributed by atoms with Crippen LogP contribution in [0.4, 0.5) is 0 Å². The fraction of sp³-hybridized carbons (Fsp3) is 0.500. The lowest BCUT2D eigenvalue weighted by Crippen LogP contribution is -2.45. The van der Waals surface area contributed by atoms with Crippen LogP contribution in [0.2, 0.25) is 0 Å². The van der Waals surface area contributed by atoms with Gasteiger partial charge in [-0.2, -0.15) is 0 Å². The average molecular weight is 317 g/mol. The van der Waals surface area contributed by atoms with Gasteiger partial charge in [-0.15, -0.1) is 0 Å². The highest BCUT2D eigenvalue weighted by Crippen LogP contribution is 2.18. The number of rotatable bonds is 7. The minimum absolute atomic E-state index is 0.120. The molecular formula is C12H19N3O5S. The average Bonchev–Trinajstić information content (AvgIpc) is 2.69. The summed E-state index contributed by atoms with van der Waals surface area (Å²) >= 11 is 0. The molecule has 0 unspecified atom stereocenters. The summed E-state index contributed by atoms with van der Waals surface area (Å²) in [4.78, 5) is 21.8. The summed E-state index contributed by atoms with van der Waals surface area (Å²) < 4.78 is 28.2. The molecule has 1 aromatic heterocycles. The summed E-state index contributed by atoms with van der Waals surface area (Å²) in [5.74, 6) is -1.85. The largest absolute Gasteiger partial charge is 0.477 e. The minimum Gasteiger partial charge on any atom is -0.477 e. The summed E-state index contributed by atoms with van der Waals surface area (Å²) in [5.41, 5.74) is 3.88. The molecule has 0 bridgehead atoms. The number of nitrogens with one attached hydrogen (secondary N) is 1. The number of carboxylic acids is 1. The predicted octanol–water partition coefficient (Wildman–Crippen LogP) is 0.139. The number of aryl methyl sites for hydroxylation is 1. The van der Waals surface area contributed by atoms with E-state index in [0.29, 0.717) is 6.54 Å². The molecule has 0 aliphatic heterocycles. The number of aromatic carboxylic acids is 1. The van der Waals surface area contributed by atoms with Crippen LogP contribution >= 0.6 is 0 Å². The first-order chi connectivity index (χ1) is 9.48. The van der Waals surface area contributed by atoms with Gasteiger partial charge in [0.15, 0.2) is 0 Å². The summed E-state index contributed by atoms with van der Waals surface area (Å²) in [6, 6.07) is 1.08. The van der Waals surface area contributed by atoms with Crippen LogP contribution in [0.1, 0.15) is 37.7 Å². The van der Waals surface area contributed by atoms with Gasteiger partial charge in [-0.1, -0.05) is 0 Å². The van der Waals surface area contributed by atoms with Crippen LogP contribution in [0.5, 0.6) is 0 Å². The number of nitrogens with two attached hydrogens (primary N) is 1. The van der Waals surface area contributed by atoms with Crippen LogP contribution in [0.3, 0.4) is 0 Å². The van der Waals surface area contributed by atoms with Gasteiger partial charge in [-0.05, 0) is 26.8 Å². The zero-order valence-electron chi connectivity index (χ0n) is 12.1. The zero-order chi connectivity index (χ0) is 16.4. The molecular weight excluding hydrogens is 298 g/mol. The highest BCUT2D eigenvalue weighted by Gasteiger charge is 2.29. The topological polar surface area (TPSA) is 131 Å². The van der Waals surface area contributed by atoms with Crippen LogP contribution in [0.15, 0.2) is 17.2 Å². The van der Waals surface area contributed by atoms with E-state index in [9.17, 15) is 18.0 Å². The van der Waals surface area contributed by atoms with Gasteiger partial charge < -0.3 is 15.4 Å². The monoisotopic (exact) mass is 317 g/mol. The Kier molecular flexibility index (Phi) is 4.79. The van der Waals surface area contributed by atoms with Crippen molar-refractivity contribution < 1.29 is 23.1 Å². The van der Waals surface area contributed by atoms with Crippen LogP contribution in [0, 0.1) is 0 Å². The van der Waals surface area contributed by atoms with Crippen molar-refractivity contribution in [2.75, 3.05) is 0 Å². The van der Waals surface area contributed by atoms with Crippen molar-refractivity contribution in [3.05, 3.63) is 18.0 Å². The number of nitrogens with zero attached hydrogens (tertiary/aromatic N) is 1. The Labute approximate surface area is 123 Å². The van der Waals surface area contributed by atoms with Gasteiger partial charge in [-0.3, -0.25) is 4.79 Å². The molecule has 4 N–H and O–H groups in total. The van der Waals surface area contributed by atoms with Gasteiger partial charge in [0.2, 0.25) is 15.9 Å². The van der Waals surface area contributed by atoms with E-state index in [1.54, 1.807) is 6.92 Å². The zero-order valence-corrected chi connectivity index (χ0v) is 12.9. The maximum atomic E-state index is 12.3. The molecule has 0 aliphatic carbocycles. The SMILES string of the molecule is CCn1cc(S(=O)(=O)NC(C)(C)CC(N)=O)cc1C(=O)O. The van der Waals surface area contributed by atoms with Crippen LogP contribution < -0.4 is 10.5 Å². The van der Waals surface area contributed by atoms with E-state index in [1.807, 2.05) is 0 Å². The molecule has 1 aromatic rings. The molecule has 21 heavy (non-hydrogen) atoms. The summed E-state index contributed by atoms with van der Waals surface area (Å²) in [5, 5.41) is 9.03. The van der Waals surface area contributed by atoms with E-state index in [2.05, 4.69) is 4.72 Å². The van der Waals surface area contributed by atoms with Crippen molar-refractivity contribution in [2.24, 2.45) is 5.73 Å². The smallest absolute Gasteiger partial charge is 0.352 e. The standard InChI is InChI=1S/C12H19N3O5S/c1-4-15-7-8(5-9(15)11(17)18)21(19,20)14-12(2,3)6-10(13)16/h5,7,14H,4,6H2,1-3H3,(H2,13,16)(H,17,18). The number of sulfonamides is 1. The second-order valence-electron chi connectivity index (χ2n) is 5.28. The van der Waals surface area contributed by atoms with E-state index in [0.717, 1.165) is 6.07 Å². The lowest BCUT2D eigenvalue weighted by molar-refractivity contribution is -0.119. The fourth-order valence-electron chi connectivity index (χ4n) is 1.97. The van der Waals surface area contributed by atoms with Gasteiger partial charge in [-0.25, -0.2) is 17.9 Å². The Morgan fingerprint density at radius 1 is 1.43 bits per heavy atom. The van der Waals surface area contributed by atoms with E-state index >= 15 is 0 Å². The normalized spacial score (nSPS) is 12.3. The van der Waals surface area contributed by atoms with E-state index in [-0.39, 0.29) is 17.0 Å². The van der Waals surface area contributed by atoms with Crippen LogP contribution in [-0.4, -0.2) is 35.5 Å². The number of carbonyl (C=O) groups excluding carboxylic acids is 1. The highest BCUT2D eigenvalue weighted by molar-refractivity contribution is 7.89. The van der Waals surface area contributed by atoms with Crippen molar-refractivity contribution in [1.82, 2.24) is 9.29 Å². The second-order valence-corrected chi connectivity index (χ2v) is 6.97. The van der Waals surface area contributed by atoms with Gasteiger partial charge >= 0.3 is 5.97 Å². The third kappa shape index (κ3) is 4.30. The number of hydrogen-bond donors (Lipinski definition) is 3. The summed E-state index contributed by atoms with van der Waals surface area (Å²) in [7, 11) is -3.95. The lowest BCUT2D eigenvalue weighted by Gasteiger charge is -2.23. The third-order valence-corrected chi connectivity index (χ3v) is 4.43. The number of carbonyl (C=O) groups is 2. The van der Waals surface area contributed by atoms with Crippen molar-refractivity contribution in [1.29, 1.82) is 0 Å². The number of aromatic nitrogens is 1. The quantitative estimate of drug-likeness (QED) is 0.658. The number of amides is 1. The van der Waals surface area contributed by atoms with Crippen LogP contribution in [0.25, 0.3) is 0 Å². The summed E-state index contributed by atoms with van der Waals surface area (Å²) in [6.45, 7) is 5.06. The maximum Gasteiger partial charge on any atom is 0.352 e. The van der Waals surface area contributed by atoms with E-state index in [1.165, 1.54) is 24.6 Å². The van der Waals surface area contributed by atoms with Crippen molar-refractivity contribution in [3.8, 4) is 0 Å². The molecule has 0 spiro atoms.